The lowest BCUT2D eigenvalue weighted by atomic mass is 10.1. The van der Waals surface area contributed by atoms with E-state index >= 15 is 0 Å². The molecule has 1 aromatic carbocycles. The first kappa shape index (κ1) is 12.0. The summed E-state index contributed by atoms with van der Waals surface area (Å²) in [7, 11) is 0. The van der Waals surface area contributed by atoms with Crippen molar-refractivity contribution in [1.29, 1.82) is 0 Å². The molecule has 0 radical (unpaired) electrons. The number of carboxylic acids is 1. The molecule has 0 saturated heterocycles. The van der Waals surface area contributed by atoms with Gasteiger partial charge in [-0.1, -0.05) is 0 Å². The van der Waals surface area contributed by atoms with E-state index in [0.29, 0.717) is 22.3 Å². The molecule has 0 atom stereocenters. The predicted octanol–water partition coefficient (Wildman–Crippen LogP) is 3.03. The Kier molecular flexibility index (Phi) is 3.68. The highest BCUT2D eigenvalue weighted by Gasteiger charge is 2.17. The van der Waals surface area contributed by atoms with Crippen LogP contribution < -0.4 is 5.32 Å². The van der Waals surface area contributed by atoms with Crippen LogP contribution in [-0.4, -0.2) is 17.6 Å². The molecule has 0 aromatic heterocycles. The molecule has 0 aliphatic rings. The van der Waals surface area contributed by atoms with E-state index in [1.807, 2.05) is 6.92 Å². The smallest absolute Gasteiger partial charge is 0.337 e. The number of carbonyl (C=O) groups is 1. The maximum absolute atomic E-state index is 13.3. The molecule has 3 nitrogen and oxygen atoms in total. The first-order chi connectivity index (χ1) is 6.99. The molecular formula is C10H11BrFNO2. The van der Waals surface area contributed by atoms with Crippen LogP contribution in [0.15, 0.2) is 10.5 Å². The molecule has 1 aromatic rings. The minimum atomic E-state index is -1.14. The van der Waals surface area contributed by atoms with Crippen molar-refractivity contribution in [3.05, 3.63) is 27.5 Å². The fourth-order valence-electron chi connectivity index (χ4n) is 1.33. The molecule has 0 aliphatic heterocycles. The van der Waals surface area contributed by atoms with Crippen LogP contribution in [0.5, 0.6) is 0 Å². The summed E-state index contributed by atoms with van der Waals surface area (Å²) in [5.41, 5.74) is 0.975. The van der Waals surface area contributed by atoms with E-state index in [2.05, 4.69) is 21.2 Å². The van der Waals surface area contributed by atoms with Gasteiger partial charge in [-0.05, 0) is 41.4 Å². The second kappa shape index (κ2) is 4.61. The highest BCUT2D eigenvalue weighted by atomic mass is 79.9. The van der Waals surface area contributed by atoms with Crippen molar-refractivity contribution in [3.63, 3.8) is 0 Å². The standard InChI is InChI=1S/C10H11BrFNO2/c1-3-13-9-5(2)8(11)7(12)4-6(9)10(14)15/h4,13H,3H2,1-2H3,(H,14,15). The first-order valence-electron chi connectivity index (χ1n) is 4.44. The van der Waals surface area contributed by atoms with Gasteiger partial charge in [-0.25, -0.2) is 9.18 Å². The third-order valence-electron chi connectivity index (χ3n) is 2.04. The van der Waals surface area contributed by atoms with Gasteiger partial charge in [-0.3, -0.25) is 0 Å². The van der Waals surface area contributed by atoms with Gasteiger partial charge in [0.25, 0.3) is 0 Å². The summed E-state index contributed by atoms with van der Waals surface area (Å²) >= 11 is 3.08. The van der Waals surface area contributed by atoms with E-state index in [1.165, 1.54) is 0 Å². The second-order valence-corrected chi connectivity index (χ2v) is 3.85. The van der Waals surface area contributed by atoms with Crippen molar-refractivity contribution in [2.24, 2.45) is 0 Å². The van der Waals surface area contributed by atoms with Crippen LogP contribution in [0.4, 0.5) is 10.1 Å². The molecule has 0 spiro atoms. The van der Waals surface area contributed by atoms with Gasteiger partial charge in [0.2, 0.25) is 0 Å². The fraction of sp³-hybridized carbons (Fsp3) is 0.300. The zero-order valence-corrected chi connectivity index (χ0v) is 9.98. The molecule has 2 N–H and O–H groups in total. The molecule has 0 heterocycles. The number of halogens is 2. The Hall–Kier alpha value is -1.10. The van der Waals surface area contributed by atoms with Gasteiger partial charge < -0.3 is 10.4 Å². The summed E-state index contributed by atoms with van der Waals surface area (Å²) in [6.07, 6.45) is 0. The Labute approximate surface area is 95.4 Å². The van der Waals surface area contributed by atoms with E-state index in [-0.39, 0.29) is 5.56 Å². The van der Waals surface area contributed by atoms with Crippen molar-refractivity contribution in [2.45, 2.75) is 13.8 Å². The maximum atomic E-state index is 13.3. The Bertz CT molecular complexity index is 407. The van der Waals surface area contributed by atoms with E-state index in [9.17, 15) is 9.18 Å². The van der Waals surface area contributed by atoms with Crippen LogP contribution in [0.2, 0.25) is 0 Å². The minimum Gasteiger partial charge on any atom is -0.478 e. The van der Waals surface area contributed by atoms with E-state index in [4.69, 9.17) is 5.11 Å². The number of carboxylic acid groups (broad SMARTS) is 1. The number of hydrogen-bond acceptors (Lipinski definition) is 2. The number of hydrogen-bond donors (Lipinski definition) is 2. The molecule has 0 bridgehead atoms. The third kappa shape index (κ3) is 2.28. The van der Waals surface area contributed by atoms with Gasteiger partial charge in [0.1, 0.15) is 5.82 Å². The lowest BCUT2D eigenvalue weighted by molar-refractivity contribution is 0.0697. The van der Waals surface area contributed by atoms with Crippen LogP contribution in [0.3, 0.4) is 0 Å². The molecule has 82 valence electrons. The Morgan fingerprint density at radius 1 is 1.67 bits per heavy atom. The Balaban J connectivity index is 3.43. The third-order valence-corrected chi connectivity index (χ3v) is 3.01. The molecule has 15 heavy (non-hydrogen) atoms. The summed E-state index contributed by atoms with van der Waals surface area (Å²) in [5, 5.41) is 11.8. The van der Waals surface area contributed by atoms with Crippen molar-refractivity contribution < 1.29 is 14.3 Å². The lowest BCUT2D eigenvalue weighted by Gasteiger charge is -2.13. The van der Waals surface area contributed by atoms with Crippen LogP contribution in [-0.2, 0) is 0 Å². The van der Waals surface area contributed by atoms with Crippen molar-refractivity contribution in [3.8, 4) is 0 Å². The van der Waals surface area contributed by atoms with Crippen molar-refractivity contribution in [1.82, 2.24) is 0 Å². The van der Waals surface area contributed by atoms with Gasteiger partial charge in [0, 0.05) is 6.54 Å². The van der Waals surface area contributed by atoms with Crippen molar-refractivity contribution >= 4 is 27.6 Å². The number of rotatable bonds is 3. The zero-order valence-electron chi connectivity index (χ0n) is 8.40. The molecular weight excluding hydrogens is 265 g/mol. The van der Waals surface area contributed by atoms with Gasteiger partial charge in [-0.2, -0.15) is 0 Å². The summed E-state index contributed by atoms with van der Waals surface area (Å²) in [4.78, 5) is 10.9. The normalized spacial score (nSPS) is 10.1. The monoisotopic (exact) mass is 275 g/mol. The summed E-state index contributed by atoms with van der Waals surface area (Å²) in [5.74, 6) is -1.70. The maximum Gasteiger partial charge on any atom is 0.337 e. The fourth-order valence-corrected chi connectivity index (χ4v) is 1.64. The lowest BCUT2D eigenvalue weighted by Crippen LogP contribution is -2.09. The zero-order chi connectivity index (χ0) is 11.6. The Morgan fingerprint density at radius 2 is 2.27 bits per heavy atom. The van der Waals surface area contributed by atoms with Gasteiger partial charge in [0.05, 0.1) is 15.7 Å². The number of aromatic carboxylic acids is 1. The molecule has 1 rings (SSSR count). The van der Waals surface area contributed by atoms with Gasteiger partial charge in [-0.15, -0.1) is 0 Å². The average Bonchev–Trinajstić information content (AvgIpc) is 2.18. The summed E-state index contributed by atoms with van der Waals surface area (Å²) < 4.78 is 13.6. The first-order valence-corrected chi connectivity index (χ1v) is 5.24. The molecule has 0 unspecified atom stereocenters. The average molecular weight is 276 g/mol. The molecule has 0 amide bonds. The molecule has 0 fully saturated rings. The molecule has 0 aliphatic carbocycles. The van der Waals surface area contributed by atoms with E-state index in [1.54, 1.807) is 6.92 Å². The van der Waals surface area contributed by atoms with Crippen LogP contribution >= 0.6 is 15.9 Å². The largest absolute Gasteiger partial charge is 0.478 e. The Morgan fingerprint density at radius 3 is 2.73 bits per heavy atom. The minimum absolute atomic E-state index is 0.0462. The van der Waals surface area contributed by atoms with Gasteiger partial charge in [0.15, 0.2) is 0 Å². The van der Waals surface area contributed by atoms with E-state index < -0.39 is 11.8 Å². The molecule has 5 heteroatoms. The van der Waals surface area contributed by atoms with Crippen LogP contribution in [0, 0.1) is 12.7 Å². The van der Waals surface area contributed by atoms with Gasteiger partial charge >= 0.3 is 5.97 Å². The SMILES string of the molecule is CCNc1c(C(=O)O)cc(F)c(Br)c1C. The molecule has 0 saturated carbocycles. The highest BCUT2D eigenvalue weighted by Crippen LogP contribution is 2.30. The quantitative estimate of drug-likeness (QED) is 0.892. The predicted molar refractivity (Wildman–Crippen MR) is 60.0 cm³/mol. The second-order valence-electron chi connectivity index (χ2n) is 3.06. The topological polar surface area (TPSA) is 49.3 Å². The van der Waals surface area contributed by atoms with Crippen LogP contribution in [0.1, 0.15) is 22.8 Å². The van der Waals surface area contributed by atoms with E-state index in [0.717, 1.165) is 6.07 Å². The summed E-state index contributed by atoms with van der Waals surface area (Å²) in [6, 6.07) is 1.01. The number of anilines is 1. The van der Waals surface area contributed by atoms with Crippen molar-refractivity contribution in [2.75, 3.05) is 11.9 Å². The highest BCUT2D eigenvalue weighted by molar-refractivity contribution is 9.10. The van der Waals surface area contributed by atoms with Crippen LogP contribution in [0.25, 0.3) is 0 Å². The number of benzene rings is 1. The summed E-state index contributed by atoms with van der Waals surface area (Å²) in [6.45, 7) is 4.10. The number of nitrogens with one attached hydrogen (secondary N) is 1.